The molecule has 1 aliphatic carbocycles. The van der Waals surface area contributed by atoms with Gasteiger partial charge in [-0.05, 0) is 67.1 Å². The number of hydrogen-bond donors (Lipinski definition) is 1. The molecule has 1 amide bonds. The summed E-state index contributed by atoms with van der Waals surface area (Å²) in [4.78, 5) is 17.5. The number of halogens is 3. The third-order valence-electron chi connectivity index (χ3n) is 7.45. The Morgan fingerprint density at radius 1 is 1.10 bits per heavy atom. The molecule has 1 fully saturated rings. The summed E-state index contributed by atoms with van der Waals surface area (Å²) in [6.07, 6.45) is 4.88. The molecule has 0 spiro atoms. The molecule has 2 heterocycles. The summed E-state index contributed by atoms with van der Waals surface area (Å²) >= 11 is 0. The van der Waals surface area contributed by atoms with Crippen LogP contribution in [0.3, 0.4) is 0 Å². The van der Waals surface area contributed by atoms with Crippen molar-refractivity contribution in [2.45, 2.75) is 45.2 Å². The van der Waals surface area contributed by atoms with E-state index in [1.165, 1.54) is 11.8 Å². The third kappa shape index (κ3) is 6.18. The first kappa shape index (κ1) is 28.1. The average Bonchev–Trinajstić information content (AvgIpc) is 3.42. The molecule has 2 aromatic carbocycles. The summed E-state index contributed by atoms with van der Waals surface area (Å²) in [5.74, 6) is 0.746. The first-order valence-electron chi connectivity index (χ1n) is 13.3. The van der Waals surface area contributed by atoms with Crippen LogP contribution in [0.4, 0.5) is 18.9 Å². The van der Waals surface area contributed by atoms with E-state index < -0.39 is 17.6 Å². The zero-order valence-corrected chi connectivity index (χ0v) is 23.0. The van der Waals surface area contributed by atoms with Crippen LogP contribution in [0.5, 0.6) is 11.5 Å². The lowest BCUT2D eigenvalue weighted by Gasteiger charge is -2.26. The number of amides is 1. The summed E-state index contributed by atoms with van der Waals surface area (Å²) in [6.45, 7) is 1.86. The fourth-order valence-electron chi connectivity index (χ4n) is 4.89. The molecule has 214 valence electrons. The number of nitrogens with zero attached hydrogens (tertiary/aromatic N) is 4. The number of alkyl halides is 3. The zero-order valence-electron chi connectivity index (χ0n) is 23.0. The van der Waals surface area contributed by atoms with Crippen molar-refractivity contribution in [1.82, 2.24) is 20.0 Å². The van der Waals surface area contributed by atoms with Gasteiger partial charge in [-0.3, -0.25) is 9.78 Å². The van der Waals surface area contributed by atoms with Crippen molar-refractivity contribution in [1.29, 1.82) is 0 Å². The molecule has 5 rings (SSSR count). The first-order valence-corrected chi connectivity index (χ1v) is 13.3. The number of aryl methyl sites for hydroxylation is 2. The minimum atomic E-state index is -4.57. The molecule has 0 unspecified atom stereocenters. The second-order valence-corrected chi connectivity index (χ2v) is 10.2. The SMILES string of the molecule is COc1cncc(-c2cn(-c3cc(C(=O)Nc4cc(C(F)(F)F)cc(CCC5CCC5)c4OC)ccc3C)nn2)c1. The molecule has 1 saturated carbocycles. The molecule has 11 heteroatoms. The minimum absolute atomic E-state index is 0.0216. The smallest absolute Gasteiger partial charge is 0.416 e. The normalized spacial score (nSPS) is 13.5. The monoisotopic (exact) mass is 565 g/mol. The van der Waals surface area contributed by atoms with Crippen molar-refractivity contribution in [2.75, 3.05) is 19.5 Å². The maximum atomic E-state index is 13.8. The lowest BCUT2D eigenvalue weighted by atomic mass is 9.81. The molecule has 0 bridgehead atoms. The predicted molar refractivity (Wildman–Crippen MR) is 147 cm³/mol. The number of pyridine rings is 1. The van der Waals surface area contributed by atoms with Gasteiger partial charge in [0, 0.05) is 17.3 Å². The molecule has 2 aromatic heterocycles. The standard InChI is InChI=1S/C30H30F3N5O3/c1-18-7-9-21(13-27(18)38-17-26(36-37-38)22-12-24(40-2)16-34-15-22)29(39)35-25-14-23(30(31,32)33)11-20(28(25)41-3)10-8-19-5-4-6-19/h7,9,11-17,19H,4-6,8,10H2,1-3H3,(H,35,39). The Bertz CT molecular complexity index is 1560. The highest BCUT2D eigenvalue weighted by Gasteiger charge is 2.33. The highest BCUT2D eigenvalue weighted by molar-refractivity contribution is 6.05. The molecule has 0 atom stereocenters. The summed E-state index contributed by atoms with van der Waals surface area (Å²) in [6, 6.07) is 8.79. The van der Waals surface area contributed by atoms with Gasteiger partial charge in [-0.2, -0.15) is 13.2 Å². The van der Waals surface area contributed by atoms with Crippen molar-refractivity contribution in [3.8, 4) is 28.4 Å². The molecule has 8 nitrogen and oxygen atoms in total. The Hall–Kier alpha value is -4.41. The Labute approximate surface area is 235 Å². The minimum Gasteiger partial charge on any atom is -0.495 e. The number of ether oxygens (including phenoxy) is 2. The highest BCUT2D eigenvalue weighted by Crippen LogP contribution is 2.40. The molecule has 1 N–H and O–H groups in total. The Morgan fingerprint density at radius 2 is 1.90 bits per heavy atom. The number of hydrogen-bond acceptors (Lipinski definition) is 6. The van der Waals surface area contributed by atoms with Crippen LogP contribution in [-0.4, -0.2) is 40.1 Å². The van der Waals surface area contributed by atoms with E-state index >= 15 is 0 Å². The van der Waals surface area contributed by atoms with E-state index in [-0.39, 0.29) is 17.0 Å². The Kier molecular flexibility index (Phi) is 7.96. The molecule has 0 saturated heterocycles. The molecule has 0 aliphatic heterocycles. The van der Waals surface area contributed by atoms with Crippen LogP contribution in [-0.2, 0) is 12.6 Å². The lowest BCUT2D eigenvalue weighted by Crippen LogP contribution is -2.17. The van der Waals surface area contributed by atoms with E-state index in [1.54, 1.807) is 50.0 Å². The van der Waals surface area contributed by atoms with Gasteiger partial charge in [0.05, 0.1) is 43.6 Å². The predicted octanol–water partition coefficient (Wildman–Crippen LogP) is 6.66. The summed E-state index contributed by atoms with van der Waals surface area (Å²) in [7, 11) is 2.94. The van der Waals surface area contributed by atoms with Crippen molar-refractivity contribution in [3.05, 3.63) is 77.2 Å². The van der Waals surface area contributed by atoms with E-state index in [1.807, 2.05) is 6.92 Å². The average molecular weight is 566 g/mol. The molecular weight excluding hydrogens is 535 g/mol. The molecule has 0 radical (unpaired) electrons. The Balaban J connectivity index is 1.43. The van der Waals surface area contributed by atoms with Gasteiger partial charge in [-0.25, -0.2) is 4.68 Å². The van der Waals surface area contributed by atoms with Gasteiger partial charge in [-0.1, -0.05) is 30.5 Å². The lowest BCUT2D eigenvalue weighted by molar-refractivity contribution is -0.137. The van der Waals surface area contributed by atoms with E-state index in [9.17, 15) is 18.0 Å². The van der Waals surface area contributed by atoms with Gasteiger partial charge in [0.15, 0.2) is 0 Å². The van der Waals surface area contributed by atoms with Crippen LogP contribution < -0.4 is 14.8 Å². The van der Waals surface area contributed by atoms with E-state index in [0.717, 1.165) is 43.4 Å². The number of carbonyl (C=O) groups excluding carboxylic acids is 1. The van der Waals surface area contributed by atoms with Gasteiger partial charge in [-0.15, -0.1) is 5.10 Å². The maximum Gasteiger partial charge on any atom is 0.416 e. The number of benzene rings is 2. The number of rotatable bonds is 9. The van der Waals surface area contributed by atoms with Crippen LogP contribution in [0.1, 0.15) is 52.7 Å². The summed E-state index contributed by atoms with van der Waals surface area (Å²) in [5, 5.41) is 11.1. The molecule has 41 heavy (non-hydrogen) atoms. The molecule has 1 aliphatic rings. The van der Waals surface area contributed by atoms with Gasteiger partial charge < -0.3 is 14.8 Å². The van der Waals surface area contributed by atoms with Crippen LogP contribution in [0.25, 0.3) is 16.9 Å². The fourth-order valence-corrected chi connectivity index (χ4v) is 4.89. The zero-order chi connectivity index (χ0) is 29.1. The van der Waals surface area contributed by atoms with Crippen molar-refractivity contribution in [3.63, 3.8) is 0 Å². The number of anilines is 1. The van der Waals surface area contributed by atoms with Crippen LogP contribution in [0, 0.1) is 12.8 Å². The number of aromatic nitrogens is 4. The van der Waals surface area contributed by atoms with Crippen LogP contribution >= 0.6 is 0 Å². The van der Waals surface area contributed by atoms with E-state index in [0.29, 0.717) is 40.6 Å². The summed E-state index contributed by atoms with van der Waals surface area (Å²) < 4.78 is 53.7. The third-order valence-corrected chi connectivity index (χ3v) is 7.45. The van der Waals surface area contributed by atoms with Crippen LogP contribution in [0.15, 0.2) is 55.0 Å². The first-order chi connectivity index (χ1) is 19.7. The molecular formula is C30H30F3N5O3. The quantitative estimate of drug-likeness (QED) is 0.244. The topological polar surface area (TPSA) is 91.2 Å². The maximum absolute atomic E-state index is 13.8. The Morgan fingerprint density at radius 3 is 2.59 bits per heavy atom. The number of methoxy groups -OCH3 is 2. The van der Waals surface area contributed by atoms with Gasteiger partial charge in [0.25, 0.3) is 5.91 Å². The van der Waals surface area contributed by atoms with Gasteiger partial charge in [0.1, 0.15) is 17.2 Å². The van der Waals surface area contributed by atoms with Crippen molar-refractivity contribution >= 4 is 11.6 Å². The van der Waals surface area contributed by atoms with E-state index in [2.05, 4.69) is 20.6 Å². The van der Waals surface area contributed by atoms with Crippen LogP contribution in [0.2, 0.25) is 0 Å². The molecule has 4 aromatic rings. The van der Waals surface area contributed by atoms with Crippen molar-refractivity contribution < 1.29 is 27.4 Å². The van der Waals surface area contributed by atoms with Gasteiger partial charge >= 0.3 is 6.18 Å². The van der Waals surface area contributed by atoms with Gasteiger partial charge in [0.2, 0.25) is 0 Å². The van der Waals surface area contributed by atoms with Crippen molar-refractivity contribution in [2.24, 2.45) is 5.92 Å². The second kappa shape index (κ2) is 11.6. The summed E-state index contributed by atoms with van der Waals surface area (Å²) in [5.41, 5.74) is 2.47. The number of nitrogens with one attached hydrogen (secondary N) is 1. The largest absolute Gasteiger partial charge is 0.495 e. The number of carbonyl (C=O) groups is 1. The van der Waals surface area contributed by atoms with E-state index in [4.69, 9.17) is 9.47 Å². The fraction of sp³-hybridized carbons (Fsp3) is 0.333. The second-order valence-electron chi connectivity index (χ2n) is 10.2. The highest BCUT2D eigenvalue weighted by atomic mass is 19.4.